The molecule has 1 atom stereocenters. The van der Waals surface area contributed by atoms with Crippen molar-refractivity contribution >= 4 is 17.4 Å². The van der Waals surface area contributed by atoms with Crippen molar-refractivity contribution in [2.45, 2.75) is 32.1 Å². The molecule has 1 aliphatic heterocycles. The summed E-state index contributed by atoms with van der Waals surface area (Å²) in [5, 5.41) is 0. The van der Waals surface area contributed by atoms with Gasteiger partial charge in [0, 0.05) is 24.8 Å². The quantitative estimate of drug-likeness (QED) is 0.747. The molecular weight excluding hydrogens is 220 g/mol. The molecule has 0 bridgehead atoms. The first-order chi connectivity index (χ1) is 7.85. The van der Waals surface area contributed by atoms with Gasteiger partial charge in [-0.05, 0) is 24.8 Å². The summed E-state index contributed by atoms with van der Waals surface area (Å²) in [7, 11) is 0. The fourth-order valence-corrected chi connectivity index (χ4v) is 2.70. The van der Waals surface area contributed by atoms with Gasteiger partial charge in [-0.25, -0.2) is 4.98 Å². The summed E-state index contributed by atoms with van der Waals surface area (Å²) >= 11 is 5.94. The maximum Gasteiger partial charge on any atom is 0.132 e. The largest absolute Gasteiger partial charge is 0.356 e. The van der Waals surface area contributed by atoms with Crippen LogP contribution in [0, 0.1) is 5.92 Å². The molecule has 0 N–H and O–H groups in total. The van der Waals surface area contributed by atoms with Crippen molar-refractivity contribution < 1.29 is 0 Å². The molecule has 1 unspecified atom stereocenters. The molecule has 0 aromatic carbocycles. The third kappa shape index (κ3) is 2.49. The van der Waals surface area contributed by atoms with E-state index in [4.69, 9.17) is 11.6 Å². The van der Waals surface area contributed by atoms with Gasteiger partial charge >= 0.3 is 0 Å². The van der Waals surface area contributed by atoms with Crippen LogP contribution >= 0.6 is 11.6 Å². The number of halogens is 1. The Labute approximate surface area is 103 Å². The van der Waals surface area contributed by atoms with Gasteiger partial charge in [-0.2, -0.15) is 0 Å². The molecular formula is C13H19ClN2. The van der Waals surface area contributed by atoms with E-state index in [0.717, 1.165) is 30.4 Å². The summed E-state index contributed by atoms with van der Waals surface area (Å²) in [4.78, 5) is 6.85. The first kappa shape index (κ1) is 11.7. The highest BCUT2D eigenvalue weighted by Gasteiger charge is 2.23. The Morgan fingerprint density at radius 2 is 2.44 bits per heavy atom. The predicted octanol–water partition coefficient (Wildman–Crippen LogP) is 3.45. The fourth-order valence-electron chi connectivity index (χ4n) is 2.49. The molecule has 2 heterocycles. The lowest BCUT2D eigenvalue weighted by molar-refractivity contribution is 0.529. The first-order valence-corrected chi connectivity index (χ1v) is 6.63. The molecule has 88 valence electrons. The molecule has 0 radical (unpaired) electrons. The second-order valence-corrected chi connectivity index (χ2v) is 4.78. The van der Waals surface area contributed by atoms with Crippen LogP contribution in [0.1, 0.15) is 31.7 Å². The maximum atomic E-state index is 5.94. The summed E-state index contributed by atoms with van der Waals surface area (Å²) in [6.45, 7) is 4.54. The Morgan fingerprint density at radius 1 is 1.56 bits per heavy atom. The lowest BCUT2D eigenvalue weighted by Crippen LogP contribution is -2.22. The van der Waals surface area contributed by atoms with Crippen LogP contribution < -0.4 is 4.90 Å². The molecule has 1 aromatic rings. The van der Waals surface area contributed by atoms with Gasteiger partial charge in [0.2, 0.25) is 0 Å². The number of hydrogen-bond acceptors (Lipinski definition) is 2. The smallest absolute Gasteiger partial charge is 0.132 e. The van der Waals surface area contributed by atoms with Crippen molar-refractivity contribution in [3.05, 3.63) is 23.9 Å². The van der Waals surface area contributed by atoms with E-state index >= 15 is 0 Å². The number of nitrogens with zero attached hydrogens (tertiary/aromatic N) is 2. The van der Waals surface area contributed by atoms with Crippen LogP contribution in [0.4, 0.5) is 5.82 Å². The highest BCUT2D eigenvalue weighted by Crippen LogP contribution is 2.27. The number of pyridine rings is 1. The van der Waals surface area contributed by atoms with Crippen molar-refractivity contribution in [3.63, 3.8) is 0 Å². The topological polar surface area (TPSA) is 16.1 Å². The zero-order valence-corrected chi connectivity index (χ0v) is 10.6. The van der Waals surface area contributed by atoms with E-state index in [9.17, 15) is 0 Å². The molecule has 1 fully saturated rings. The van der Waals surface area contributed by atoms with E-state index in [1.54, 1.807) is 0 Å². The van der Waals surface area contributed by atoms with E-state index in [-0.39, 0.29) is 0 Å². The lowest BCUT2D eigenvalue weighted by atomic mass is 10.0. The molecule has 0 saturated carbocycles. The monoisotopic (exact) mass is 238 g/mol. The van der Waals surface area contributed by atoms with Crippen molar-refractivity contribution in [1.29, 1.82) is 0 Å². The zero-order chi connectivity index (χ0) is 11.4. The Morgan fingerprint density at radius 3 is 3.19 bits per heavy atom. The summed E-state index contributed by atoms with van der Waals surface area (Å²) < 4.78 is 0. The second-order valence-electron chi connectivity index (χ2n) is 4.51. The second kappa shape index (κ2) is 5.53. The van der Waals surface area contributed by atoms with Gasteiger partial charge in [-0.3, -0.25) is 0 Å². The van der Waals surface area contributed by atoms with Gasteiger partial charge in [-0.1, -0.05) is 19.4 Å². The first-order valence-electron chi connectivity index (χ1n) is 6.10. The minimum atomic E-state index is 0.554. The molecule has 0 aliphatic carbocycles. The number of aromatic nitrogens is 1. The van der Waals surface area contributed by atoms with E-state index in [1.165, 1.54) is 19.3 Å². The average Bonchev–Trinajstić information content (AvgIpc) is 2.78. The van der Waals surface area contributed by atoms with Gasteiger partial charge in [0.1, 0.15) is 5.82 Å². The minimum Gasteiger partial charge on any atom is -0.356 e. The van der Waals surface area contributed by atoms with Crippen LogP contribution in [0.25, 0.3) is 0 Å². The highest BCUT2D eigenvalue weighted by molar-refractivity contribution is 6.17. The third-order valence-corrected chi connectivity index (χ3v) is 3.58. The molecule has 16 heavy (non-hydrogen) atoms. The van der Waals surface area contributed by atoms with Gasteiger partial charge in [0.05, 0.1) is 5.88 Å². The van der Waals surface area contributed by atoms with E-state index in [0.29, 0.717) is 5.88 Å². The van der Waals surface area contributed by atoms with Crippen LogP contribution in [-0.2, 0) is 5.88 Å². The Kier molecular flexibility index (Phi) is 4.05. The Balaban J connectivity index is 2.08. The molecule has 2 nitrogen and oxygen atoms in total. The highest BCUT2D eigenvalue weighted by atomic mass is 35.5. The molecule has 1 saturated heterocycles. The van der Waals surface area contributed by atoms with Crippen LogP contribution in [0.2, 0.25) is 0 Å². The fraction of sp³-hybridized carbons (Fsp3) is 0.615. The molecule has 1 aliphatic rings. The SMILES string of the molecule is CCCC1CCN(c2ncccc2CCl)C1. The zero-order valence-electron chi connectivity index (χ0n) is 9.82. The number of hydrogen-bond donors (Lipinski definition) is 0. The number of alkyl halides is 1. The summed E-state index contributed by atoms with van der Waals surface area (Å²) in [6.07, 6.45) is 5.77. The van der Waals surface area contributed by atoms with Crippen molar-refractivity contribution in [2.75, 3.05) is 18.0 Å². The summed E-state index contributed by atoms with van der Waals surface area (Å²) in [5.41, 5.74) is 1.15. The van der Waals surface area contributed by atoms with E-state index in [2.05, 4.69) is 22.9 Å². The van der Waals surface area contributed by atoms with Crippen molar-refractivity contribution in [3.8, 4) is 0 Å². The molecule has 0 spiro atoms. The summed E-state index contributed by atoms with van der Waals surface area (Å²) in [5.74, 6) is 2.49. The standard InChI is InChI=1S/C13H19ClN2/c1-2-4-11-6-8-16(10-11)13-12(9-14)5-3-7-15-13/h3,5,7,11H,2,4,6,8-10H2,1H3. The van der Waals surface area contributed by atoms with E-state index in [1.807, 2.05) is 12.3 Å². The lowest BCUT2D eigenvalue weighted by Gasteiger charge is -2.19. The van der Waals surface area contributed by atoms with Crippen LogP contribution in [0.5, 0.6) is 0 Å². The van der Waals surface area contributed by atoms with Gasteiger partial charge in [0.25, 0.3) is 0 Å². The van der Waals surface area contributed by atoms with Crippen molar-refractivity contribution in [1.82, 2.24) is 4.98 Å². The molecule has 3 heteroatoms. The minimum absolute atomic E-state index is 0.554. The maximum absolute atomic E-state index is 5.94. The molecule has 0 amide bonds. The van der Waals surface area contributed by atoms with E-state index < -0.39 is 0 Å². The van der Waals surface area contributed by atoms with Gasteiger partial charge < -0.3 is 4.90 Å². The molecule has 2 rings (SSSR count). The Bertz CT molecular complexity index is 340. The van der Waals surface area contributed by atoms with Crippen LogP contribution in [-0.4, -0.2) is 18.1 Å². The average molecular weight is 239 g/mol. The van der Waals surface area contributed by atoms with Crippen LogP contribution in [0.3, 0.4) is 0 Å². The van der Waals surface area contributed by atoms with Crippen molar-refractivity contribution in [2.24, 2.45) is 5.92 Å². The van der Waals surface area contributed by atoms with Gasteiger partial charge in [-0.15, -0.1) is 11.6 Å². The summed E-state index contributed by atoms with van der Waals surface area (Å²) in [6, 6.07) is 4.03. The molecule has 1 aromatic heterocycles. The number of anilines is 1. The van der Waals surface area contributed by atoms with Crippen LogP contribution in [0.15, 0.2) is 18.3 Å². The Hall–Kier alpha value is -0.760. The van der Waals surface area contributed by atoms with Gasteiger partial charge in [0.15, 0.2) is 0 Å². The third-order valence-electron chi connectivity index (χ3n) is 3.29. The number of rotatable bonds is 4. The normalized spacial score (nSPS) is 20.4. The predicted molar refractivity (Wildman–Crippen MR) is 69.0 cm³/mol.